The SMILES string of the molecule is CCCNC(=O)c1cc(N)c[nH]1. The first-order chi connectivity index (χ1) is 5.74. The quantitative estimate of drug-likeness (QED) is 0.621. The monoisotopic (exact) mass is 167 g/mol. The Bertz CT molecular complexity index is 267. The Labute approximate surface area is 71.2 Å². The smallest absolute Gasteiger partial charge is 0.267 e. The van der Waals surface area contributed by atoms with Crippen LogP contribution in [0.25, 0.3) is 0 Å². The summed E-state index contributed by atoms with van der Waals surface area (Å²) >= 11 is 0. The van der Waals surface area contributed by atoms with Crippen molar-refractivity contribution in [3.63, 3.8) is 0 Å². The second-order valence-corrected chi connectivity index (χ2v) is 2.60. The van der Waals surface area contributed by atoms with Crippen LogP contribution in [0.3, 0.4) is 0 Å². The number of nitrogens with one attached hydrogen (secondary N) is 2. The summed E-state index contributed by atoms with van der Waals surface area (Å²) in [6.07, 6.45) is 2.53. The Balaban J connectivity index is 2.53. The second kappa shape index (κ2) is 3.80. The number of hydrogen-bond acceptors (Lipinski definition) is 2. The van der Waals surface area contributed by atoms with Gasteiger partial charge in [-0.25, -0.2) is 0 Å². The summed E-state index contributed by atoms with van der Waals surface area (Å²) in [7, 11) is 0. The van der Waals surface area contributed by atoms with Gasteiger partial charge >= 0.3 is 0 Å². The van der Waals surface area contributed by atoms with Crippen molar-refractivity contribution in [1.29, 1.82) is 0 Å². The maximum atomic E-state index is 11.2. The summed E-state index contributed by atoms with van der Waals surface area (Å²) < 4.78 is 0. The molecule has 0 aliphatic carbocycles. The summed E-state index contributed by atoms with van der Waals surface area (Å²) in [6, 6.07) is 1.62. The molecule has 0 saturated carbocycles. The number of rotatable bonds is 3. The number of aromatic amines is 1. The van der Waals surface area contributed by atoms with Crippen LogP contribution in [-0.4, -0.2) is 17.4 Å². The fraction of sp³-hybridized carbons (Fsp3) is 0.375. The number of carbonyl (C=O) groups is 1. The normalized spacial score (nSPS) is 9.75. The molecule has 0 aliphatic heterocycles. The van der Waals surface area contributed by atoms with E-state index < -0.39 is 0 Å². The van der Waals surface area contributed by atoms with Gasteiger partial charge in [0.25, 0.3) is 5.91 Å². The molecule has 0 aliphatic rings. The number of nitrogens with two attached hydrogens (primary N) is 1. The topological polar surface area (TPSA) is 70.9 Å². The summed E-state index contributed by atoms with van der Waals surface area (Å²) in [4.78, 5) is 14.0. The molecule has 0 aromatic carbocycles. The Kier molecular flexibility index (Phi) is 2.74. The number of nitrogen functional groups attached to an aromatic ring is 1. The van der Waals surface area contributed by atoms with Crippen LogP contribution in [0.5, 0.6) is 0 Å². The highest BCUT2D eigenvalue weighted by Crippen LogP contribution is 2.03. The molecule has 4 heteroatoms. The van der Waals surface area contributed by atoms with Crippen molar-refractivity contribution in [3.05, 3.63) is 18.0 Å². The minimum absolute atomic E-state index is 0.103. The molecule has 1 rings (SSSR count). The molecule has 0 unspecified atom stereocenters. The van der Waals surface area contributed by atoms with E-state index in [4.69, 9.17) is 5.73 Å². The Morgan fingerprint density at radius 1 is 1.75 bits per heavy atom. The molecule has 0 bridgehead atoms. The minimum atomic E-state index is -0.103. The van der Waals surface area contributed by atoms with Gasteiger partial charge in [-0.2, -0.15) is 0 Å². The Hall–Kier alpha value is -1.45. The molecule has 1 amide bonds. The van der Waals surface area contributed by atoms with Crippen LogP contribution >= 0.6 is 0 Å². The molecule has 0 atom stereocenters. The van der Waals surface area contributed by atoms with Gasteiger partial charge in [0.15, 0.2) is 0 Å². The van der Waals surface area contributed by atoms with E-state index in [2.05, 4.69) is 10.3 Å². The third-order valence-corrected chi connectivity index (χ3v) is 1.49. The molecular weight excluding hydrogens is 154 g/mol. The first-order valence-electron chi connectivity index (χ1n) is 3.96. The van der Waals surface area contributed by atoms with Gasteiger partial charge in [0.05, 0.1) is 0 Å². The van der Waals surface area contributed by atoms with E-state index >= 15 is 0 Å². The lowest BCUT2D eigenvalue weighted by Crippen LogP contribution is -2.24. The van der Waals surface area contributed by atoms with Crippen LogP contribution in [-0.2, 0) is 0 Å². The van der Waals surface area contributed by atoms with Crippen LogP contribution in [0.15, 0.2) is 12.3 Å². The predicted molar refractivity (Wildman–Crippen MR) is 47.8 cm³/mol. The first-order valence-corrected chi connectivity index (χ1v) is 3.96. The third kappa shape index (κ3) is 2.02. The van der Waals surface area contributed by atoms with Crippen LogP contribution in [0, 0.1) is 0 Å². The van der Waals surface area contributed by atoms with Gasteiger partial charge in [-0.1, -0.05) is 6.92 Å². The fourth-order valence-corrected chi connectivity index (χ4v) is 0.876. The molecule has 1 aromatic heterocycles. The van der Waals surface area contributed by atoms with Crippen molar-refractivity contribution in [2.45, 2.75) is 13.3 Å². The Morgan fingerprint density at radius 3 is 3.00 bits per heavy atom. The summed E-state index contributed by atoms with van der Waals surface area (Å²) in [5.74, 6) is -0.103. The number of anilines is 1. The van der Waals surface area contributed by atoms with Crippen molar-refractivity contribution < 1.29 is 4.79 Å². The largest absolute Gasteiger partial charge is 0.397 e. The zero-order chi connectivity index (χ0) is 8.97. The molecule has 0 radical (unpaired) electrons. The van der Waals surface area contributed by atoms with Gasteiger partial charge in [-0.3, -0.25) is 4.79 Å². The lowest BCUT2D eigenvalue weighted by atomic mass is 10.4. The van der Waals surface area contributed by atoms with E-state index in [1.807, 2.05) is 6.92 Å². The zero-order valence-electron chi connectivity index (χ0n) is 7.05. The minimum Gasteiger partial charge on any atom is -0.397 e. The molecule has 0 saturated heterocycles. The number of aromatic nitrogens is 1. The molecule has 1 aromatic rings. The lowest BCUT2D eigenvalue weighted by Gasteiger charge is -1.99. The zero-order valence-corrected chi connectivity index (χ0v) is 7.05. The molecule has 66 valence electrons. The lowest BCUT2D eigenvalue weighted by molar-refractivity contribution is 0.0949. The van der Waals surface area contributed by atoms with E-state index in [1.165, 1.54) is 0 Å². The molecule has 0 spiro atoms. The van der Waals surface area contributed by atoms with Crippen LogP contribution in [0.4, 0.5) is 5.69 Å². The number of amides is 1. The molecule has 4 N–H and O–H groups in total. The Morgan fingerprint density at radius 2 is 2.50 bits per heavy atom. The molecular formula is C8H13N3O. The van der Waals surface area contributed by atoms with Crippen molar-refractivity contribution in [2.24, 2.45) is 0 Å². The van der Waals surface area contributed by atoms with Crippen LogP contribution in [0.1, 0.15) is 23.8 Å². The summed E-state index contributed by atoms with van der Waals surface area (Å²) in [5, 5.41) is 2.74. The number of carbonyl (C=O) groups excluding carboxylic acids is 1. The van der Waals surface area contributed by atoms with E-state index in [0.29, 0.717) is 17.9 Å². The van der Waals surface area contributed by atoms with Gasteiger partial charge in [0.2, 0.25) is 0 Å². The van der Waals surface area contributed by atoms with Crippen molar-refractivity contribution in [1.82, 2.24) is 10.3 Å². The van der Waals surface area contributed by atoms with Crippen LogP contribution in [0.2, 0.25) is 0 Å². The van der Waals surface area contributed by atoms with Crippen molar-refractivity contribution in [3.8, 4) is 0 Å². The number of H-pyrrole nitrogens is 1. The fourth-order valence-electron chi connectivity index (χ4n) is 0.876. The van der Waals surface area contributed by atoms with E-state index in [1.54, 1.807) is 12.3 Å². The van der Waals surface area contributed by atoms with E-state index in [0.717, 1.165) is 6.42 Å². The highest BCUT2D eigenvalue weighted by atomic mass is 16.1. The average Bonchev–Trinajstić information content (AvgIpc) is 2.47. The van der Waals surface area contributed by atoms with Crippen LogP contribution < -0.4 is 11.1 Å². The standard InChI is InChI=1S/C8H13N3O/c1-2-3-10-8(12)7-4-6(9)5-11-7/h4-5,11H,2-3,9H2,1H3,(H,10,12). The summed E-state index contributed by atoms with van der Waals surface area (Å²) in [5.41, 5.74) is 6.53. The van der Waals surface area contributed by atoms with Gasteiger partial charge in [0.1, 0.15) is 5.69 Å². The second-order valence-electron chi connectivity index (χ2n) is 2.60. The van der Waals surface area contributed by atoms with Crippen molar-refractivity contribution in [2.75, 3.05) is 12.3 Å². The molecule has 1 heterocycles. The van der Waals surface area contributed by atoms with E-state index in [-0.39, 0.29) is 5.91 Å². The van der Waals surface area contributed by atoms with Gasteiger partial charge in [0, 0.05) is 18.4 Å². The maximum Gasteiger partial charge on any atom is 0.267 e. The van der Waals surface area contributed by atoms with Crippen molar-refractivity contribution >= 4 is 11.6 Å². The first kappa shape index (κ1) is 8.64. The summed E-state index contributed by atoms with van der Waals surface area (Å²) in [6.45, 7) is 2.70. The average molecular weight is 167 g/mol. The van der Waals surface area contributed by atoms with Gasteiger partial charge in [-0.15, -0.1) is 0 Å². The maximum absolute atomic E-state index is 11.2. The van der Waals surface area contributed by atoms with Gasteiger partial charge in [-0.05, 0) is 12.5 Å². The number of hydrogen-bond donors (Lipinski definition) is 3. The van der Waals surface area contributed by atoms with E-state index in [9.17, 15) is 4.79 Å². The predicted octanol–water partition coefficient (Wildman–Crippen LogP) is 0.737. The molecule has 12 heavy (non-hydrogen) atoms. The highest BCUT2D eigenvalue weighted by Gasteiger charge is 2.05. The van der Waals surface area contributed by atoms with Gasteiger partial charge < -0.3 is 16.0 Å². The third-order valence-electron chi connectivity index (χ3n) is 1.49. The molecule has 0 fully saturated rings. The molecule has 4 nitrogen and oxygen atoms in total. The highest BCUT2D eigenvalue weighted by molar-refractivity contribution is 5.93.